The third-order valence-corrected chi connectivity index (χ3v) is 4.44. The molecule has 140 valence electrons. The SMILES string of the molecule is COc1ccc(CCN(C(C)=O)N2C(=O)c3ccccc3C2=O)cc1OC. The van der Waals surface area contributed by atoms with Crippen LogP contribution in [0, 0.1) is 0 Å². The quantitative estimate of drug-likeness (QED) is 0.732. The van der Waals surface area contributed by atoms with Gasteiger partial charge in [0.25, 0.3) is 11.8 Å². The first kappa shape index (κ1) is 18.4. The molecule has 0 spiro atoms. The van der Waals surface area contributed by atoms with E-state index in [0.29, 0.717) is 29.0 Å². The highest BCUT2D eigenvalue weighted by Gasteiger charge is 2.40. The summed E-state index contributed by atoms with van der Waals surface area (Å²) in [5.74, 6) is -0.184. The minimum Gasteiger partial charge on any atom is -0.493 e. The van der Waals surface area contributed by atoms with Gasteiger partial charge in [-0.2, -0.15) is 5.01 Å². The number of hydrogen-bond acceptors (Lipinski definition) is 5. The number of imide groups is 1. The molecular formula is C20H20N2O5. The Balaban J connectivity index is 1.81. The zero-order chi connectivity index (χ0) is 19.6. The summed E-state index contributed by atoms with van der Waals surface area (Å²) in [5.41, 5.74) is 1.50. The van der Waals surface area contributed by atoms with E-state index in [-0.39, 0.29) is 12.5 Å². The molecule has 0 aromatic heterocycles. The van der Waals surface area contributed by atoms with Gasteiger partial charge in [-0.1, -0.05) is 18.2 Å². The van der Waals surface area contributed by atoms with Crippen molar-refractivity contribution in [2.75, 3.05) is 20.8 Å². The Morgan fingerprint density at radius 3 is 2.07 bits per heavy atom. The van der Waals surface area contributed by atoms with Crippen molar-refractivity contribution in [1.29, 1.82) is 0 Å². The molecule has 0 radical (unpaired) electrons. The van der Waals surface area contributed by atoms with Gasteiger partial charge in [-0.15, -0.1) is 0 Å². The van der Waals surface area contributed by atoms with E-state index < -0.39 is 11.8 Å². The van der Waals surface area contributed by atoms with Gasteiger partial charge >= 0.3 is 0 Å². The van der Waals surface area contributed by atoms with E-state index in [1.165, 1.54) is 11.9 Å². The lowest BCUT2D eigenvalue weighted by atomic mass is 10.1. The average Bonchev–Trinajstić information content (AvgIpc) is 2.93. The molecule has 3 amide bonds. The smallest absolute Gasteiger partial charge is 0.280 e. The van der Waals surface area contributed by atoms with E-state index in [1.807, 2.05) is 6.07 Å². The predicted molar refractivity (Wildman–Crippen MR) is 97.6 cm³/mol. The number of hydrazine groups is 1. The monoisotopic (exact) mass is 368 g/mol. The van der Waals surface area contributed by atoms with Crippen LogP contribution < -0.4 is 9.47 Å². The Hall–Kier alpha value is -3.35. The van der Waals surface area contributed by atoms with Crippen molar-refractivity contribution >= 4 is 17.7 Å². The van der Waals surface area contributed by atoms with Crippen LogP contribution in [-0.2, 0) is 11.2 Å². The van der Waals surface area contributed by atoms with Crippen LogP contribution in [0.5, 0.6) is 11.5 Å². The Bertz CT molecular complexity index is 874. The molecule has 0 saturated carbocycles. The Morgan fingerprint density at radius 2 is 1.56 bits per heavy atom. The maximum absolute atomic E-state index is 12.6. The Morgan fingerprint density at radius 1 is 0.963 bits per heavy atom. The van der Waals surface area contributed by atoms with Gasteiger partial charge < -0.3 is 9.47 Å². The second kappa shape index (κ2) is 7.49. The zero-order valence-electron chi connectivity index (χ0n) is 15.4. The lowest BCUT2D eigenvalue weighted by Gasteiger charge is -2.29. The van der Waals surface area contributed by atoms with Gasteiger partial charge in [-0.3, -0.25) is 14.4 Å². The van der Waals surface area contributed by atoms with E-state index in [9.17, 15) is 14.4 Å². The first-order valence-electron chi connectivity index (χ1n) is 8.44. The van der Waals surface area contributed by atoms with Gasteiger partial charge in [0.15, 0.2) is 11.5 Å². The molecule has 1 heterocycles. The molecule has 0 saturated heterocycles. The number of rotatable bonds is 6. The number of fused-ring (bicyclic) bond motifs is 1. The van der Waals surface area contributed by atoms with Gasteiger partial charge in [0.2, 0.25) is 5.91 Å². The number of methoxy groups -OCH3 is 2. The van der Waals surface area contributed by atoms with Gasteiger partial charge in [-0.25, -0.2) is 5.01 Å². The summed E-state index contributed by atoms with van der Waals surface area (Å²) in [6.07, 6.45) is 0.438. The van der Waals surface area contributed by atoms with E-state index in [4.69, 9.17) is 9.47 Å². The van der Waals surface area contributed by atoms with Gasteiger partial charge in [0.05, 0.1) is 25.3 Å². The Kier molecular flexibility index (Phi) is 5.12. The van der Waals surface area contributed by atoms with Crippen molar-refractivity contribution in [3.63, 3.8) is 0 Å². The van der Waals surface area contributed by atoms with Crippen LogP contribution in [0.25, 0.3) is 0 Å². The molecule has 2 aromatic carbocycles. The second-order valence-electron chi connectivity index (χ2n) is 6.05. The molecule has 1 aliphatic heterocycles. The highest BCUT2D eigenvalue weighted by Crippen LogP contribution is 2.28. The maximum Gasteiger partial charge on any atom is 0.280 e. The maximum atomic E-state index is 12.6. The number of carbonyl (C=O) groups excluding carboxylic acids is 3. The highest BCUT2D eigenvalue weighted by atomic mass is 16.5. The first-order valence-corrected chi connectivity index (χ1v) is 8.44. The van der Waals surface area contributed by atoms with Crippen molar-refractivity contribution in [2.24, 2.45) is 0 Å². The van der Waals surface area contributed by atoms with E-state index in [2.05, 4.69) is 0 Å². The Labute approximate surface area is 157 Å². The molecule has 0 atom stereocenters. The number of amides is 3. The number of nitrogens with zero attached hydrogens (tertiary/aromatic N) is 2. The van der Waals surface area contributed by atoms with Crippen molar-refractivity contribution in [2.45, 2.75) is 13.3 Å². The third kappa shape index (κ3) is 3.36. The topological polar surface area (TPSA) is 76.2 Å². The normalized spacial score (nSPS) is 12.8. The molecule has 0 aliphatic carbocycles. The summed E-state index contributed by atoms with van der Waals surface area (Å²) in [4.78, 5) is 37.4. The molecule has 0 fully saturated rings. The van der Waals surface area contributed by atoms with E-state index in [1.54, 1.807) is 50.6 Å². The van der Waals surface area contributed by atoms with Gasteiger partial charge in [0.1, 0.15) is 0 Å². The molecule has 7 nitrogen and oxygen atoms in total. The van der Waals surface area contributed by atoms with E-state index in [0.717, 1.165) is 10.6 Å². The molecule has 0 bridgehead atoms. The minimum atomic E-state index is -0.488. The number of benzene rings is 2. The molecule has 2 aromatic rings. The third-order valence-electron chi connectivity index (χ3n) is 4.44. The highest BCUT2D eigenvalue weighted by molar-refractivity contribution is 6.21. The zero-order valence-corrected chi connectivity index (χ0v) is 15.4. The summed E-state index contributed by atoms with van der Waals surface area (Å²) in [6.45, 7) is 1.51. The largest absolute Gasteiger partial charge is 0.493 e. The lowest BCUT2D eigenvalue weighted by molar-refractivity contribution is -0.139. The predicted octanol–water partition coefficient (Wildman–Crippen LogP) is 2.31. The fourth-order valence-electron chi connectivity index (χ4n) is 3.07. The van der Waals surface area contributed by atoms with Crippen LogP contribution in [0.3, 0.4) is 0 Å². The summed E-state index contributed by atoms with van der Waals surface area (Å²) < 4.78 is 10.5. The standard InChI is InChI=1S/C20H20N2O5/c1-13(23)21(11-10-14-8-9-17(26-2)18(12-14)27-3)22-19(24)15-6-4-5-7-16(15)20(22)25/h4-9,12H,10-11H2,1-3H3. The summed E-state index contributed by atoms with van der Waals surface area (Å²) in [7, 11) is 3.10. The van der Waals surface area contributed by atoms with Crippen molar-refractivity contribution in [1.82, 2.24) is 10.0 Å². The number of ether oxygens (including phenoxy) is 2. The fraction of sp³-hybridized carbons (Fsp3) is 0.250. The molecule has 0 unspecified atom stereocenters. The van der Waals surface area contributed by atoms with Crippen LogP contribution in [0.2, 0.25) is 0 Å². The van der Waals surface area contributed by atoms with Gasteiger partial charge in [0, 0.05) is 13.5 Å². The number of hydrogen-bond donors (Lipinski definition) is 0. The molecule has 0 N–H and O–H groups in total. The minimum absolute atomic E-state index is 0.177. The van der Waals surface area contributed by atoms with Crippen LogP contribution in [-0.4, -0.2) is 48.5 Å². The van der Waals surface area contributed by atoms with E-state index >= 15 is 0 Å². The molecule has 3 rings (SSSR count). The van der Waals surface area contributed by atoms with Crippen LogP contribution >= 0.6 is 0 Å². The van der Waals surface area contributed by atoms with Crippen LogP contribution in [0.1, 0.15) is 33.2 Å². The van der Waals surface area contributed by atoms with Crippen LogP contribution in [0.15, 0.2) is 42.5 Å². The number of carbonyl (C=O) groups is 3. The molecule has 27 heavy (non-hydrogen) atoms. The summed E-state index contributed by atoms with van der Waals surface area (Å²) in [6, 6.07) is 12.0. The first-order chi connectivity index (χ1) is 13.0. The van der Waals surface area contributed by atoms with Crippen LogP contribution in [0.4, 0.5) is 0 Å². The fourth-order valence-corrected chi connectivity index (χ4v) is 3.07. The molecular weight excluding hydrogens is 348 g/mol. The average molecular weight is 368 g/mol. The van der Waals surface area contributed by atoms with Crippen molar-refractivity contribution in [3.05, 3.63) is 59.2 Å². The molecule has 7 heteroatoms. The van der Waals surface area contributed by atoms with Crippen molar-refractivity contribution < 1.29 is 23.9 Å². The van der Waals surface area contributed by atoms with Crippen molar-refractivity contribution in [3.8, 4) is 11.5 Å². The second-order valence-corrected chi connectivity index (χ2v) is 6.05. The lowest BCUT2D eigenvalue weighted by Crippen LogP contribution is -2.49. The van der Waals surface area contributed by atoms with Gasteiger partial charge in [-0.05, 0) is 36.2 Å². The summed E-state index contributed by atoms with van der Waals surface area (Å²) >= 11 is 0. The summed E-state index contributed by atoms with van der Waals surface area (Å²) in [5, 5.41) is 2.11. The molecule has 1 aliphatic rings.